The van der Waals surface area contributed by atoms with Gasteiger partial charge < -0.3 is 15.1 Å². The normalized spacial score (nSPS) is 18.4. The van der Waals surface area contributed by atoms with E-state index in [1.54, 1.807) is 0 Å². The van der Waals surface area contributed by atoms with E-state index in [1.165, 1.54) is 6.08 Å². The van der Waals surface area contributed by atoms with Crippen molar-refractivity contribution < 1.29 is 9.59 Å². The summed E-state index contributed by atoms with van der Waals surface area (Å²) in [4.78, 5) is 28.5. The Kier molecular flexibility index (Phi) is 5.27. The average Bonchev–Trinajstić information content (AvgIpc) is 2.66. The highest BCUT2D eigenvalue weighted by Gasteiger charge is 2.41. The molecule has 1 heterocycles. The number of anilines is 1. The van der Waals surface area contributed by atoms with Crippen molar-refractivity contribution in [2.24, 2.45) is 0 Å². The lowest BCUT2D eigenvalue weighted by Gasteiger charge is -2.44. The third-order valence-corrected chi connectivity index (χ3v) is 5.37. The van der Waals surface area contributed by atoms with Crippen molar-refractivity contribution in [2.75, 3.05) is 31.1 Å². The second-order valence-corrected chi connectivity index (χ2v) is 7.03. The summed E-state index contributed by atoms with van der Waals surface area (Å²) in [6.07, 6.45) is 4.37. The molecule has 3 rings (SSSR count). The number of nitrogens with zero attached hydrogens (tertiary/aromatic N) is 3. The molecule has 1 saturated heterocycles. The molecule has 136 valence electrons. The van der Waals surface area contributed by atoms with E-state index in [4.69, 9.17) is 5.26 Å². The Balaban J connectivity index is 1.54. The minimum absolute atomic E-state index is 0.105. The third-order valence-electron chi connectivity index (χ3n) is 5.37. The lowest BCUT2D eigenvalue weighted by atomic mass is 9.74. The summed E-state index contributed by atoms with van der Waals surface area (Å²) in [5.74, 6) is -0.100. The zero-order valence-corrected chi connectivity index (χ0v) is 14.9. The lowest BCUT2D eigenvalue weighted by molar-refractivity contribution is -0.134. The number of hydrogen-bond acceptors (Lipinski definition) is 4. The molecule has 1 aliphatic heterocycles. The first-order chi connectivity index (χ1) is 12.5. The number of benzene rings is 1. The van der Waals surface area contributed by atoms with Crippen LogP contribution in [0.2, 0.25) is 0 Å². The number of rotatable bonds is 5. The molecule has 1 saturated carbocycles. The van der Waals surface area contributed by atoms with Gasteiger partial charge in [-0.2, -0.15) is 5.26 Å². The largest absolute Gasteiger partial charge is 0.368 e. The Labute approximate surface area is 154 Å². The molecule has 2 fully saturated rings. The quantitative estimate of drug-likeness (QED) is 0.820. The van der Waals surface area contributed by atoms with Crippen LogP contribution >= 0.6 is 0 Å². The summed E-state index contributed by atoms with van der Waals surface area (Å²) in [5.41, 5.74) is 1.34. The topological polar surface area (TPSA) is 76.4 Å². The summed E-state index contributed by atoms with van der Waals surface area (Å²) in [6, 6.07) is 9.65. The van der Waals surface area contributed by atoms with E-state index < -0.39 is 0 Å². The maximum Gasteiger partial charge on any atom is 0.243 e. The molecule has 2 aliphatic rings. The highest BCUT2D eigenvalue weighted by Crippen LogP contribution is 2.35. The van der Waals surface area contributed by atoms with E-state index in [0.29, 0.717) is 25.1 Å². The minimum atomic E-state index is -0.382. The molecule has 1 N–H and O–H groups in total. The van der Waals surface area contributed by atoms with Gasteiger partial charge in [0.05, 0.1) is 11.6 Å². The van der Waals surface area contributed by atoms with Gasteiger partial charge in [-0.05, 0) is 49.6 Å². The Morgan fingerprint density at radius 2 is 1.85 bits per heavy atom. The van der Waals surface area contributed by atoms with Crippen LogP contribution in [-0.4, -0.2) is 48.4 Å². The predicted octanol–water partition coefficient (Wildman–Crippen LogP) is 1.82. The highest BCUT2D eigenvalue weighted by molar-refractivity contribution is 5.88. The first-order valence-corrected chi connectivity index (χ1v) is 9.03. The SMILES string of the molecule is C=CC(=O)NC1(CC(=O)N2CCN(c3ccc(C#N)cc3)CC2)CCC1. The van der Waals surface area contributed by atoms with Crippen LogP contribution < -0.4 is 10.2 Å². The Morgan fingerprint density at radius 3 is 2.35 bits per heavy atom. The molecular weight excluding hydrogens is 328 g/mol. The van der Waals surface area contributed by atoms with Crippen molar-refractivity contribution in [3.63, 3.8) is 0 Å². The van der Waals surface area contributed by atoms with Crippen LogP contribution in [0.15, 0.2) is 36.9 Å². The maximum atomic E-state index is 12.7. The lowest BCUT2D eigenvalue weighted by Crippen LogP contribution is -2.57. The first-order valence-electron chi connectivity index (χ1n) is 9.03. The molecular formula is C20H24N4O2. The molecule has 0 spiro atoms. The molecule has 1 aromatic carbocycles. The molecule has 0 atom stereocenters. The fraction of sp³-hybridized carbons (Fsp3) is 0.450. The van der Waals surface area contributed by atoms with Gasteiger partial charge >= 0.3 is 0 Å². The molecule has 26 heavy (non-hydrogen) atoms. The van der Waals surface area contributed by atoms with Gasteiger partial charge in [-0.25, -0.2) is 0 Å². The van der Waals surface area contributed by atoms with Gasteiger partial charge in [0.15, 0.2) is 0 Å². The molecule has 6 nitrogen and oxygen atoms in total. The van der Waals surface area contributed by atoms with E-state index in [9.17, 15) is 9.59 Å². The van der Waals surface area contributed by atoms with Crippen molar-refractivity contribution in [2.45, 2.75) is 31.2 Å². The Hall–Kier alpha value is -2.81. The average molecular weight is 352 g/mol. The van der Waals surface area contributed by atoms with Crippen LogP contribution in [0.4, 0.5) is 5.69 Å². The van der Waals surface area contributed by atoms with Crippen molar-refractivity contribution in [1.29, 1.82) is 5.26 Å². The zero-order valence-electron chi connectivity index (χ0n) is 14.9. The van der Waals surface area contributed by atoms with Gasteiger partial charge in [-0.15, -0.1) is 0 Å². The number of nitrogens with one attached hydrogen (secondary N) is 1. The van der Waals surface area contributed by atoms with Gasteiger partial charge in [0.25, 0.3) is 0 Å². The molecule has 0 bridgehead atoms. The molecule has 0 aromatic heterocycles. The number of carbonyl (C=O) groups excluding carboxylic acids is 2. The summed E-state index contributed by atoms with van der Waals surface area (Å²) >= 11 is 0. The fourth-order valence-electron chi connectivity index (χ4n) is 3.62. The number of hydrogen-bond donors (Lipinski definition) is 1. The summed E-state index contributed by atoms with van der Waals surface area (Å²) < 4.78 is 0. The molecule has 1 aromatic rings. The van der Waals surface area contributed by atoms with Crippen molar-refractivity contribution in [3.05, 3.63) is 42.5 Å². The molecule has 6 heteroatoms. The molecule has 0 radical (unpaired) electrons. The van der Waals surface area contributed by atoms with Crippen LogP contribution in [0, 0.1) is 11.3 Å². The van der Waals surface area contributed by atoms with Crippen LogP contribution in [0.3, 0.4) is 0 Å². The number of piperazine rings is 1. The molecule has 0 unspecified atom stereocenters. The molecule has 1 aliphatic carbocycles. The van der Waals surface area contributed by atoms with Gasteiger partial charge in [0.1, 0.15) is 0 Å². The van der Waals surface area contributed by atoms with Crippen LogP contribution in [0.1, 0.15) is 31.2 Å². The summed E-state index contributed by atoms with van der Waals surface area (Å²) in [7, 11) is 0. The zero-order chi connectivity index (χ0) is 18.6. The number of amides is 2. The second-order valence-electron chi connectivity index (χ2n) is 7.03. The fourth-order valence-corrected chi connectivity index (χ4v) is 3.62. The van der Waals surface area contributed by atoms with E-state index in [-0.39, 0.29) is 17.4 Å². The monoisotopic (exact) mass is 352 g/mol. The van der Waals surface area contributed by atoms with E-state index in [1.807, 2.05) is 29.2 Å². The third kappa shape index (κ3) is 3.88. The van der Waals surface area contributed by atoms with Gasteiger partial charge in [-0.3, -0.25) is 9.59 Å². The standard InChI is InChI=1S/C20H24N4O2/c1-2-18(25)22-20(8-3-9-20)14-19(26)24-12-10-23(11-13-24)17-6-4-16(15-21)5-7-17/h2,4-7H,1,3,8-14H2,(H,22,25). The smallest absolute Gasteiger partial charge is 0.243 e. The van der Waals surface area contributed by atoms with Gasteiger partial charge in [0, 0.05) is 43.8 Å². The van der Waals surface area contributed by atoms with E-state index >= 15 is 0 Å². The van der Waals surface area contributed by atoms with Crippen LogP contribution in [0.25, 0.3) is 0 Å². The van der Waals surface area contributed by atoms with Crippen LogP contribution in [0.5, 0.6) is 0 Å². The van der Waals surface area contributed by atoms with Gasteiger partial charge in [0.2, 0.25) is 11.8 Å². The highest BCUT2D eigenvalue weighted by atomic mass is 16.2. The first kappa shape index (κ1) is 18.0. The summed E-state index contributed by atoms with van der Waals surface area (Å²) in [6.45, 7) is 6.37. The van der Waals surface area contributed by atoms with Crippen molar-refractivity contribution in [3.8, 4) is 6.07 Å². The van der Waals surface area contributed by atoms with Crippen LogP contribution in [-0.2, 0) is 9.59 Å². The minimum Gasteiger partial charge on any atom is -0.368 e. The number of carbonyl (C=O) groups is 2. The van der Waals surface area contributed by atoms with Crippen molar-refractivity contribution >= 4 is 17.5 Å². The maximum absolute atomic E-state index is 12.7. The van der Waals surface area contributed by atoms with Crippen molar-refractivity contribution in [1.82, 2.24) is 10.2 Å². The summed E-state index contributed by atoms with van der Waals surface area (Å²) in [5, 5.41) is 11.8. The van der Waals surface area contributed by atoms with E-state index in [2.05, 4.69) is 22.9 Å². The molecule has 2 amide bonds. The second kappa shape index (κ2) is 7.61. The van der Waals surface area contributed by atoms with Gasteiger partial charge in [-0.1, -0.05) is 6.58 Å². The Morgan fingerprint density at radius 1 is 1.19 bits per heavy atom. The Bertz CT molecular complexity index is 723. The number of nitriles is 1. The predicted molar refractivity (Wildman–Crippen MR) is 99.5 cm³/mol. The van der Waals surface area contributed by atoms with E-state index in [0.717, 1.165) is 38.0 Å².